The van der Waals surface area contributed by atoms with Gasteiger partial charge in [-0.05, 0) is 23.6 Å². The number of nitrogens with one attached hydrogen (secondary N) is 3. The lowest BCUT2D eigenvalue weighted by molar-refractivity contribution is 0.630. The second kappa shape index (κ2) is 6.96. The van der Waals surface area contributed by atoms with Crippen LogP contribution in [0.4, 0.5) is 16.0 Å². The Hall–Kier alpha value is -3.20. The molecule has 0 amide bonds. The molecular weight excluding hydrogens is 355 g/mol. The molecule has 0 saturated carbocycles. The van der Waals surface area contributed by atoms with E-state index in [0.717, 1.165) is 4.88 Å². The fraction of sp³-hybridized carbons (Fsp3) is 0.118. The maximum atomic E-state index is 13.7. The van der Waals surface area contributed by atoms with Gasteiger partial charge in [0, 0.05) is 10.9 Å². The van der Waals surface area contributed by atoms with E-state index in [1.165, 1.54) is 16.6 Å². The van der Waals surface area contributed by atoms with Crippen molar-refractivity contribution in [1.82, 2.24) is 19.6 Å². The Labute approximate surface area is 151 Å². The largest absolute Gasteiger partial charge is 0.377 e. The van der Waals surface area contributed by atoms with Gasteiger partial charge in [0.25, 0.3) is 11.3 Å². The van der Waals surface area contributed by atoms with E-state index in [2.05, 4.69) is 25.7 Å². The number of hydrogen-bond donors (Lipinski definition) is 3. The maximum Gasteiger partial charge on any atom is 0.274 e. The molecule has 0 atom stereocenters. The Morgan fingerprint density at radius 3 is 2.81 bits per heavy atom. The molecule has 0 radical (unpaired) electrons. The van der Waals surface area contributed by atoms with Crippen LogP contribution < -0.4 is 16.2 Å². The second-order valence-electron chi connectivity index (χ2n) is 5.56. The van der Waals surface area contributed by atoms with Crippen molar-refractivity contribution < 1.29 is 4.39 Å². The highest BCUT2D eigenvalue weighted by Crippen LogP contribution is 2.14. The zero-order valence-corrected chi connectivity index (χ0v) is 14.4. The van der Waals surface area contributed by atoms with Crippen LogP contribution in [0.2, 0.25) is 0 Å². The zero-order chi connectivity index (χ0) is 17.9. The molecule has 4 rings (SSSR count). The van der Waals surface area contributed by atoms with Gasteiger partial charge in [-0.15, -0.1) is 11.3 Å². The third kappa shape index (κ3) is 3.42. The van der Waals surface area contributed by atoms with Crippen LogP contribution in [0.25, 0.3) is 5.78 Å². The second-order valence-corrected chi connectivity index (χ2v) is 6.59. The van der Waals surface area contributed by atoms with Crippen LogP contribution in [0.5, 0.6) is 0 Å². The fourth-order valence-corrected chi connectivity index (χ4v) is 3.12. The Balaban J connectivity index is 1.52. The lowest BCUT2D eigenvalue weighted by Gasteiger charge is -2.06. The minimum absolute atomic E-state index is 0.220. The van der Waals surface area contributed by atoms with Gasteiger partial charge in [0.1, 0.15) is 5.82 Å². The summed E-state index contributed by atoms with van der Waals surface area (Å²) in [5, 5.41) is 10.9. The topological polar surface area (TPSA) is 87.1 Å². The number of H-pyrrole nitrogens is 1. The molecule has 0 aliphatic carbocycles. The summed E-state index contributed by atoms with van der Waals surface area (Å²) in [7, 11) is 0. The van der Waals surface area contributed by atoms with Gasteiger partial charge in [-0.3, -0.25) is 9.89 Å². The molecule has 0 aliphatic rings. The molecule has 0 spiro atoms. The van der Waals surface area contributed by atoms with E-state index in [4.69, 9.17) is 0 Å². The lowest BCUT2D eigenvalue weighted by Crippen LogP contribution is -2.17. The summed E-state index contributed by atoms with van der Waals surface area (Å²) in [5.41, 5.74) is 0.557. The number of nitrogens with zero attached hydrogens (tertiary/aromatic N) is 3. The summed E-state index contributed by atoms with van der Waals surface area (Å²) in [5.74, 6) is 0.365. The number of benzene rings is 1. The van der Waals surface area contributed by atoms with Crippen LogP contribution in [0.3, 0.4) is 0 Å². The summed E-state index contributed by atoms with van der Waals surface area (Å²) in [6.07, 6.45) is 0. The molecule has 1 aromatic carbocycles. The minimum atomic E-state index is -0.356. The van der Waals surface area contributed by atoms with Crippen molar-refractivity contribution in [3.05, 3.63) is 74.6 Å². The number of rotatable bonds is 6. The summed E-state index contributed by atoms with van der Waals surface area (Å²) in [4.78, 5) is 22.0. The number of aromatic amines is 1. The van der Waals surface area contributed by atoms with E-state index < -0.39 is 0 Å². The van der Waals surface area contributed by atoms with Gasteiger partial charge >= 0.3 is 0 Å². The highest BCUT2D eigenvalue weighted by molar-refractivity contribution is 7.09. The summed E-state index contributed by atoms with van der Waals surface area (Å²) in [6, 6.07) is 11.7. The molecule has 132 valence electrons. The van der Waals surface area contributed by atoms with E-state index in [-0.39, 0.29) is 23.7 Å². The molecule has 0 aliphatic heterocycles. The highest BCUT2D eigenvalue weighted by atomic mass is 32.1. The van der Waals surface area contributed by atoms with Crippen molar-refractivity contribution in [3.63, 3.8) is 0 Å². The smallest absolute Gasteiger partial charge is 0.274 e. The molecule has 26 heavy (non-hydrogen) atoms. The number of hydrogen-bond acceptors (Lipinski definition) is 6. The molecule has 3 heterocycles. The van der Waals surface area contributed by atoms with Crippen molar-refractivity contribution in [2.75, 3.05) is 10.6 Å². The van der Waals surface area contributed by atoms with E-state index in [9.17, 15) is 9.18 Å². The molecule has 7 nitrogen and oxygen atoms in total. The molecule has 4 aromatic rings. The third-order valence-corrected chi connectivity index (χ3v) is 4.60. The number of fused-ring (bicyclic) bond motifs is 1. The number of anilines is 2. The molecule has 0 bridgehead atoms. The van der Waals surface area contributed by atoms with Crippen LogP contribution >= 0.6 is 11.3 Å². The third-order valence-electron chi connectivity index (χ3n) is 3.73. The number of thiophene rings is 1. The Kier molecular flexibility index (Phi) is 4.36. The van der Waals surface area contributed by atoms with Gasteiger partial charge in [0.05, 0.1) is 24.5 Å². The Bertz CT molecular complexity index is 1090. The first-order valence-electron chi connectivity index (χ1n) is 7.92. The van der Waals surface area contributed by atoms with Gasteiger partial charge in [-0.1, -0.05) is 18.2 Å². The molecular formula is C17H15FN6OS. The van der Waals surface area contributed by atoms with Crippen molar-refractivity contribution in [2.24, 2.45) is 0 Å². The number of halogens is 1. The van der Waals surface area contributed by atoms with E-state index >= 15 is 0 Å². The van der Waals surface area contributed by atoms with Gasteiger partial charge in [0.2, 0.25) is 5.95 Å². The van der Waals surface area contributed by atoms with Crippen molar-refractivity contribution in [3.8, 4) is 0 Å². The molecule has 3 N–H and O–H groups in total. The molecule has 3 aromatic heterocycles. The van der Waals surface area contributed by atoms with Gasteiger partial charge < -0.3 is 10.6 Å². The standard InChI is InChI=1S/C17H15FN6OS/c18-13-5-1-2-6-14(13)19-9-11-8-15(25)24-17(21-11)22-16(23-24)20-10-12-4-3-7-26-12/h1-8,19H,9-10H2,(H2,20,21,22,23). The highest BCUT2D eigenvalue weighted by Gasteiger charge is 2.09. The fourth-order valence-electron chi connectivity index (χ4n) is 2.47. The molecule has 0 saturated heterocycles. The number of para-hydroxylation sites is 1. The predicted molar refractivity (Wildman–Crippen MR) is 99.0 cm³/mol. The van der Waals surface area contributed by atoms with Gasteiger partial charge in [-0.2, -0.15) is 9.50 Å². The first kappa shape index (κ1) is 16.3. The van der Waals surface area contributed by atoms with Crippen molar-refractivity contribution >= 4 is 28.8 Å². The van der Waals surface area contributed by atoms with Crippen LogP contribution in [0.1, 0.15) is 10.6 Å². The van der Waals surface area contributed by atoms with E-state index in [1.54, 1.807) is 29.5 Å². The Morgan fingerprint density at radius 1 is 1.12 bits per heavy atom. The normalized spacial score (nSPS) is 11.0. The first-order valence-corrected chi connectivity index (χ1v) is 8.80. The quantitative estimate of drug-likeness (QED) is 0.486. The minimum Gasteiger partial charge on any atom is -0.377 e. The summed E-state index contributed by atoms with van der Waals surface area (Å²) in [6.45, 7) is 0.825. The van der Waals surface area contributed by atoms with Gasteiger partial charge in [-0.25, -0.2) is 9.37 Å². The predicted octanol–water partition coefficient (Wildman–Crippen LogP) is 2.84. The van der Waals surface area contributed by atoms with E-state index in [0.29, 0.717) is 23.9 Å². The van der Waals surface area contributed by atoms with Crippen LogP contribution in [0, 0.1) is 5.82 Å². The monoisotopic (exact) mass is 370 g/mol. The SMILES string of the molecule is O=c1cc(CNc2ccccc2F)nc2nc(NCc3cccs3)[nH]n12. The molecule has 9 heteroatoms. The van der Waals surface area contributed by atoms with Crippen LogP contribution in [0.15, 0.2) is 52.6 Å². The van der Waals surface area contributed by atoms with Crippen LogP contribution in [-0.2, 0) is 13.1 Å². The number of aromatic nitrogens is 4. The summed E-state index contributed by atoms with van der Waals surface area (Å²) >= 11 is 1.63. The lowest BCUT2D eigenvalue weighted by atomic mass is 10.3. The van der Waals surface area contributed by atoms with Gasteiger partial charge in [0.15, 0.2) is 0 Å². The molecule has 0 unspecified atom stereocenters. The average Bonchev–Trinajstić information content (AvgIpc) is 3.29. The zero-order valence-electron chi connectivity index (χ0n) is 13.6. The first-order chi connectivity index (χ1) is 12.7. The van der Waals surface area contributed by atoms with Crippen molar-refractivity contribution in [2.45, 2.75) is 13.1 Å². The molecule has 0 fully saturated rings. The maximum absolute atomic E-state index is 13.7. The Morgan fingerprint density at radius 2 is 2.00 bits per heavy atom. The summed E-state index contributed by atoms with van der Waals surface area (Å²) < 4.78 is 14.9. The van der Waals surface area contributed by atoms with Crippen molar-refractivity contribution in [1.29, 1.82) is 0 Å². The average molecular weight is 370 g/mol. The van der Waals surface area contributed by atoms with E-state index in [1.807, 2.05) is 17.5 Å². The van der Waals surface area contributed by atoms with Crippen LogP contribution in [-0.4, -0.2) is 19.6 Å².